The molecule has 6 nitrogen and oxygen atoms in total. The lowest BCUT2D eigenvalue weighted by atomic mass is 10.1. The van der Waals surface area contributed by atoms with E-state index in [1.807, 2.05) is 0 Å². The van der Waals surface area contributed by atoms with Gasteiger partial charge < -0.3 is 9.64 Å². The second-order valence-corrected chi connectivity index (χ2v) is 9.32. The number of benzene rings is 2. The Morgan fingerprint density at radius 2 is 1.70 bits per heavy atom. The van der Waals surface area contributed by atoms with Crippen LogP contribution in [0.3, 0.4) is 0 Å². The maximum Gasteiger partial charge on any atom is 0.253 e. The summed E-state index contributed by atoms with van der Waals surface area (Å²) in [4.78, 5) is 14.6. The summed E-state index contributed by atoms with van der Waals surface area (Å²) in [6, 6.07) is 11.8. The van der Waals surface area contributed by atoms with Crippen LogP contribution in [0.2, 0.25) is 5.02 Å². The Hall–Kier alpha value is -2.09. The van der Waals surface area contributed by atoms with Gasteiger partial charge >= 0.3 is 0 Å². The average molecular weight is 453 g/mol. The first-order valence-corrected chi connectivity index (χ1v) is 11.8. The third kappa shape index (κ3) is 5.97. The third-order valence-electron chi connectivity index (χ3n) is 4.85. The van der Waals surface area contributed by atoms with Crippen molar-refractivity contribution in [1.29, 1.82) is 0 Å². The molecule has 0 bridgehead atoms. The summed E-state index contributed by atoms with van der Waals surface area (Å²) in [5, 5.41) is 0.647. The normalized spacial score (nSPS) is 11.5. The van der Waals surface area contributed by atoms with Crippen LogP contribution in [-0.4, -0.2) is 56.8 Å². The molecule has 0 spiro atoms. The fraction of sp³-hybridized carbons (Fsp3) is 0.409. The first-order chi connectivity index (χ1) is 14.2. The van der Waals surface area contributed by atoms with Crippen molar-refractivity contribution in [3.05, 3.63) is 58.6 Å². The van der Waals surface area contributed by atoms with E-state index in [1.54, 1.807) is 69.1 Å². The number of carbonyl (C=O) groups is 1. The first kappa shape index (κ1) is 24.2. The van der Waals surface area contributed by atoms with E-state index in [-0.39, 0.29) is 10.8 Å². The Labute approximate surface area is 184 Å². The Kier molecular flexibility index (Phi) is 8.70. The molecule has 0 aliphatic rings. The van der Waals surface area contributed by atoms with E-state index >= 15 is 0 Å². The molecular weight excluding hydrogens is 424 g/mol. The molecule has 0 unspecified atom stereocenters. The predicted molar refractivity (Wildman–Crippen MR) is 120 cm³/mol. The molecule has 8 heteroatoms. The van der Waals surface area contributed by atoms with Gasteiger partial charge in [0, 0.05) is 37.3 Å². The number of sulfonamides is 1. The fourth-order valence-electron chi connectivity index (χ4n) is 3.03. The zero-order chi connectivity index (χ0) is 22.3. The minimum Gasteiger partial charge on any atom is -0.494 e. The molecule has 30 heavy (non-hydrogen) atoms. The topological polar surface area (TPSA) is 66.9 Å². The van der Waals surface area contributed by atoms with E-state index < -0.39 is 10.0 Å². The van der Waals surface area contributed by atoms with Gasteiger partial charge in [-0.15, -0.1) is 0 Å². The van der Waals surface area contributed by atoms with Crippen molar-refractivity contribution in [3.8, 4) is 5.75 Å². The molecule has 0 fully saturated rings. The quantitative estimate of drug-likeness (QED) is 0.506. The molecule has 164 valence electrons. The van der Waals surface area contributed by atoms with Crippen LogP contribution in [0.15, 0.2) is 47.4 Å². The van der Waals surface area contributed by atoms with E-state index in [9.17, 15) is 13.2 Å². The highest BCUT2D eigenvalue weighted by Crippen LogP contribution is 2.21. The maximum absolute atomic E-state index is 12.9. The highest BCUT2D eigenvalue weighted by atomic mass is 35.5. The number of hydrogen-bond acceptors (Lipinski definition) is 4. The van der Waals surface area contributed by atoms with Crippen LogP contribution in [-0.2, 0) is 10.0 Å². The smallest absolute Gasteiger partial charge is 0.253 e. The van der Waals surface area contributed by atoms with Crippen molar-refractivity contribution in [2.24, 2.45) is 0 Å². The van der Waals surface area contributed by atoms with E-state index in [4.69, 9.17) is 16.3 Å². The first-order valence-electron chi connectivity index (χ1n) is 9.95. The van der Waals surface area contributed by atoms with Gasteiger partial charge in [-0.1, -0.05) is 31.5 Å². The summed E-state index contributed by atoms with van der Waals surface area (Å²) in [5.74, 6) is 0.508. The van der Waals surface area contributed by atoms with Crippen molar-refractivity contribution >= 4 is 27.5 Å². The van der Waals surface area contributed by atoms with Gasteiger partial charge in [0.2, 0.25) is 10.0 Å². The third-order valence-corrected chi connectivity index (χ3v) is 7.15. The number of ether oxygens (including phenoxy) is 1. The molecule has 2 aromatic rings. The average Bonchev–Trinajstić information content (AvgIpc) is 2.72. The van der Waals surface area contributed by atoms with Crippen molar-refractivity contribution in [2.45, 2.75) is 32.1 Å². The van der Waals surface area contributed by atoms with Crippen LogP contribution in [0.25, 0.3) is 0 Å². The Morgan fingerprint density at radius 3 is 2.30 bits per heavy atom. The van der Waals surface area contributed by atoms with E-state index in [1.165, 1.54) is 10.4 Å². The lowest BCUT2D eigenvalue weighted by Crippen LogP contribution is -2.32. The number of rotatable bonds is 10. The number of halogens is 1. The highest BCUT2D eigenvalue weighted by Gasteiger charge is 2.24. The van der Waals surface area contributed by atoms with Gasteiger partial charge in [0.1, 0.15) is 5.75 Å². The van der Waals surface area contributed by atoms with Crippen molar-refractivity contribution in [2.75, 3.05) is 33.3 Å². The molecule has 0 saturated heterocycles. The van der Waals surface area contributed by atoms with Gasteiger partial charge in [0.25, 0.3) is 5.91 Å². The SMILES string of the molecule is CCN(CC)S(=O)(=O)c1ccc(C)c(C(=O)N(C)CCCOc2ccc(Cl)cc2)c1. The fourth-order valence-corrected chi connectivity index (χ4v) is 4.65. The van der Waals surface area contributed by atoms with E-state index in [0.29, 0.717) is 43.2 Å². The van der Waals surface area contributed by atoms with Crippen molar-refractivity contribution < 1.29 is 17.9 Å². The molecule has 2 rings (SSSR count). The minimum absolute atomic E-state index is 0.139. The lowest BCUT2D eigenvalue weighted by molar-refractivity contribution is 0.0787. The Morgan fingerprint density at radius 1 is 1.07 bits per heavy atom. The van der Waals surface area contributed by atoms with Gasteiger partial charge in [0.05, 0.1) is 11.5 Å². The van der Waals surface area contributed by atoms with Gasteiger partial charge in [-0.25, -0.2) is 8.42 Å². The predicted octanol–water partition coefficient (Wildman–Crippen LogP) is 4.22. The Bertz CT molecular complexity index is 958. The summed E-state index contributed by atoms with van der Waals surface area (Å²) >= 11 is 5.85. The second-order valence-electron chi connectivity index (χ2n) is 6.95. The molecule has 0 aliphatic heterocycles. The molecule has 0 aliphatic carbocycles. The zero-order valence-corrected chi connectivity index (χ0v) is 19.5. The van der Waals surface area contributed by atoms with Crippen LogP contribution in [0.1, 0.15) is 36.2 Å². The standard InChI is InChI=1S/C22H29ClN2O4S/c1-5-25(6-2)30(27,28)20-13-8-17(3)21(16-20)22(26)24(4)14-7-15-29-19-11-9-18(23)10-12-19/h8-13,16H,5-7,14-15H2,1-4H3. The molecule has 0 heterocycles. The largest absolute Gasteiger partial charge is 0.494 e. The molecular formula is C22H29ClN2O4S. The summed E-state index contributed by atoms with van der Waals surface area (Å²) < 4.78 is 32.6. The van der Waals surface area contributed by atoms with E-state index in [0.717, 1.165) is 11.3 Å². The van der Waals surface area contributed by atoms with Crippen molar-refractivity contribution in [3.63, 3.8) is 0 Å². The molecule has 2 aromatic carbocycles. The van der Waals surface area contributed by atoms with Crippen LogP contribution >= 0.6 is 11.6 Å². The summed E-state index contributed by atoms with van der Waals surface area (Å²) in [7, 11) is -1.92. The Balaban J connectivity index is 2.03. The van der Waals surface area contributed by atoms with Crippen LogP contribution < -0.4 is 4.74 Å². The molecule has 0 aromatic heterocycles. The molecule has 0 atom stereocenters. The van der Waals surface area contributed by atoms with Gasteiger partial charge in [-0.05, 0) is 55.3 Å². The monoisotopic (exact) mass is 452 g/mol. The summed E-state index contributed by atoms with van der Waals surface area (Å²) in [5.41, 5.74) is 1.13. The number of hydrogen-bond donors (Lipinski definition) is 0. The number of amides is 1. The van der Waals surface area contributed by atoms with E-state index in [2.05, 4.69) is 0 Å². The minimum atomic E-state index is -3.62. The summed E-state index contributed by atoms with van der Waals surface area (Å²) in [6.07, 6.45) is 0.640. The van der Waals surface area contributed by atoms with Crippen LogP contribution in [0, 0.1) is 6.92 Å². The number of nitrogens with zero attached hydrogens (tertiary/aromatic N) is 2. The summed E-state index contributed by atoms with van der Waals surface area (Å²) in [6.45, 7) is 7.08. The number of aryl methyl sites for hydroxylation is 1. The highest BCUT2D eigenvalue weighted by molar-refractivity contribution is 7.89. The number of carbonyl (C=O) groups excluding carboxylic acids is 1. The molecule has 0 radical (unpaired) electrons. The van der Waals surface area contributed by atoms with Gasteiger partial charge in [-0.2, -0.15) is 4.31 Å². The second kappa shape index (κ2) is 10.8. The zero-order valence-electron chi connectivity index (χ0n) is 17.9. The van der Waals surface area contributed by atoms with Gasteiger partial charge in [0.15, 0.2) is 0 Å². The van der Waals surface area contributed by atoms with Gasteiger partial charge in [-0.3, -0.25) is 4.79 Å². The lowest BCUT2D eigenvalue weighted by Gasteiger charge is -2.21. The molecule has 0 saturated carbocycles. The van der Waals surface area contributed by atoms with Crippen LogP contribution in [0.4, 0.5) is 0 Å². The van der Waals surface area contributed by atoms with Crippen molar-refractivity contribution in [1.82, 2.24) is 9.21 Å². The molecule has 0 N–H and O–H groups in total. The van der Waals surface area contributed by atoms with Crippen LogP contribution in [0.5, 0.6) is 5.75 Å². The maximum atomic E-state index is 12.9. The molecule has 1 amide bonds.